The van der Waals surface area contributed by atoms with Crippen molar-refractivity contribution in [2.75, 3.05) is 18.0 Å². The molecule has 1 aliphatic rings. The van der Waals surface area contributed by atoms with Gasteiger partial charge in [0.25, 0.3) is 0 Å². The number of hydrogen-bond acceptors (Lipinski definition) is 2. The van der Waals surface area contributed by atoms with Gasteiger partial charge >= 0.3 is 5.97 Å². The Labute approximate surface area is 105 Å². The van der Waals surface area contributed by atoms with Gasteiger partial charge in [-0.05, 0) is 30.5 Å². The molecule has 3 nitrogen and oxygen atoms in total. The molecule has 1 aliphatic heterocycles. The van der Waals surface area contributed by atoms with Crippen molar-refractivity contribution in [2.24, 2.45) is 0 Å². The number of halogens is 1. The van der Waals surface area contributed by atoms with Crippen LogP contribution in [0, 0.1) is 0 Å². The summed E-state index contributed by atoms with van der Waals surface area (Å²) in [7, 11) is 0. The molecule has 0 atom stereocenters. The van der Waals surface area contributed by atoms with Gasteiger partial charge in [0.2, 0.25) is 0 Å². The second-order valence-electron chi connectivity index (χ2n) is 4.02. The largest absolute Gasteiger partial charge is 0.478 e. The van der Waals surface area contributed by atoms with E-state index >= 15 is 0 Å². The lowest BCUT2D eigenvalue weighted by atomic mass is 9.96. The van der Waals surface area contributed by atoms with Gasteiger partial charge in [0.1, 0.15) is 0 Å². The summed E-state index contributed by atoms with van der Waals surface area (Å²) in [6.45, 7) is 1.66. The van der Waals surface area contributed by atoms with E-state index in [0.717, 1.165) is 37.2 Å². The predicted octanol–water partition coefficient (Wildman–Crippen LogP) is 2.89. The van der Waals surface area contributed by atoms with Crippen LogP contribution in [0.3, 0.4) is 0 Å². The summed E-state index contributed by atoms with van der Waals surface area (Å²) in [6.07, 6.45) is 3.68. The van der Waals surface area contributed by atoms with Crippen molar-refractivity contribution >= 4 is 23.3 Å². The first kappa shape index (κ1) is 12.0. The van der Waals surface area contributed by atoms with Crippen LogP contribution in [-0.2, 0) is 6.42 Å². The number of anilines is 1. The Balaban J connectivity index is 2.38. The van der Waals surface area contributed by atoms with Gasteiger partial charge in [0.05, 0.1) is 5.56 Å². The van der Waals surface area contributed by atoms with Gasteiger partial charge in [-0.25, -0.2) is 4.79 Å². The number of benzene rings is 1. The van der Waals surface area contributed by atoms with E-state index in [4.69, 9.17) is 16.7 Å². The van der Waals surface area contributed by atoms with Crippen molar-refractivity contribution in [3.63, 3.8) is 0 Å². The lowest BCUT2D eigenvalue weighted by Gasteiger charge is -2.31. The zero-order chi connectivity index (χ0) is 12.3. The highest BCUT2D eigenvalue weighted by atomic mass is 35.5. The van der Waals surface area contributed by atoms with Crippen molar-refractivity contribution < 1.29 is 9.90 Å². The summed E-state index contributed by atoms with van der Waals surface area (Å²) in [6, 6.07) is 5.44. The number of rotatable bonds is 3. The van der Waals surface area contributed by atoms with Gasteiger partial charge < -0.3 is 10.0 Å². The van der Waals surface area contributed by atoms with E-state index in [9.17, 15) is 4.79 Å². The first-order valence-electron chi connectivity index (χ1n) is 5.59. The molecule has 0 saturated carbocycles. The molecule has 17 heavy (non-hydrogen) atoms. The molecule has 0 aromatic heterocycles. The molecular formula is C13H14ClNO2. The number of hydrogen-bond donors (Lipinski definition) is 1. The van der Waals surface area contributed by atoms with E-state index in [1.54, 1.807) is 12.1 Å². The third-order valence-corrected chi connectivity index (χ3v) is 3.17. The summed E-state index contributed by atoms with van der Waals surface area (Å²) in [5.74, 6) is -0.850. The Hall–Kier alpha value is -1.48. The first-order chi connectivity index (χ1) is 8.24. The van der Waals surface area contributed by atoms with Crippen LogP contribution < -0.4 is 4.90 Å². The van der Waals surface area contributed by atoms with Crippen LogP contribution in [0.5, 0.6) is 0 Å². The Kier molecular flexibility index (Phi) is 3.69. The Morgan fingerprint density at radius 3 is 3.06 bits per heavy atom. The molecule has 2 rings (SSSR count). The monoisotopic (exact) mass is 251 g/mol. The molecule has 0 amide bonds. The number of aromatic carboxylic acids is 1. The van der Waals surface area contributed by atoms with E-state index in [2.05, 4.69) is 4.90 Å². The zero-order valence-corrected chi connectivity index (χ0v) is 10.2. The van der Waals surface area contributed by atoms with E-state index < -0.39 is 5.97 Å². The van der Waals surface area contributed by atoms with E-state index in [0.29, 0.717) is 5.56 Å². The lowest BCUT2D eigenvalue weighted by Crippen LogP contribution is -2.30. The topological polar surface area (TPSA) is 40.5 Å². The van der Waals surface area contributed by atoms with Gasteiger partial charge in [-0.2, -0.15) is 0 Å². The maximum Gasteiger partial charge on any atom is 0.336 e. The maximum atomic E-state index is 11.1. The molecule has 0 fully saturated rings. The number of carboxylic acid groups (broad SMARTS) is 1. The highest BCUT2D eigenvalue weighted by molar-refractivity contribution is 6.25. The van der Waals surface area contributed by atoms with Crippen LogP contribution in [0.15, 0.2) is 29.8 Å². The number of nitrogens with zero attached hydrogens (tertiary/aromatic N) is 1. The van der Waals surface area contributed by atoms with Crippen LogP contribution in [0.2, 0.25) is 0 Å². The van der Waals surface area contributed by atoms with E-state index in [-0.39, 0.29) is 0 Å². The molecule has 0 aliphatic carbocycles. The fourth-order valence-corrected chi connectivity index (χ4v) is 2.34. The molecule has 0 radical (unpaired) electrons. The van der Waals surface area contributed by atoms with Crippen LogP contribution in [0.25, 0.3) is 0 Å². The number of carbonyl (C=O) groups is 1. The highest BCUT2D eigenvalue weighted by Gasteiger charge is 2.20. The fourth-order valence-electron chi connectivity index (χ4n) is 2.26. The molecule has 0 spiro atoms. The molecule has 1 aromatic carbocycles. The molecule has 90 valence electrons. The average molecular weight is 252 g/mol. The smallest absolute Gasteiger partial charge is 0.336 e. The standard InChI is InChI=1S/C13H14ClNO2/c14-7-3-9-15-8-2-5-10-11(13(16)17)4-1-6-12(10)15/h1,3-4,6-7H,2,5,8-9H2,(H,16,17)/b7-3+. The van der Waals surface area contributed by atoms with E-state index in [1.165, 1.54) is 5.54 Å². The summed E-state index contributed by atoms with van der Waals surface area (Å²) in [5.41, 5.74) is 3.87. The van der Waals surface area contributed by atoms with Crippen molar-refractivity contribution in [3.8, 4) is 0 Å². The van der Waals surface area contributed by atoms with Crippen LogP contribution in [0.4, 0.5) is 5.69 Å². The van der Waals surface area contributed by atoms with Crippen molar-refractivity contribution in [1.82, 2.24) is 0 Å². The van der Waals surface area contributed by atoms with Gasteiger partial charge in [0, 0.05) is 24.3 Å². The molecule has 0 unspecified atom stereocenters. The van der Waals surface area contributed by atoms with E-state index in [1.807, 2.05) is 12.1 Å². The van der Waals surface area contributed by atoms with Gasteiger partial charge in [-0.15, -0.1) is 0 Å². The van der Waals surface area contributed by atoms with Crippen molar-refractivity contribution in [2.45, 2.75) is 12.8 Å². The SMILES string of the molecule is O=C(O)c1cccc2c1CCCN2C/C=C/Cl. The third kappa shape index (κ3) is 2.44. The summed E-state index contributed by atoms with van der Waals surface area (Å²) in [4.78, 5) is 13.3. The fraction of sp³-hybridized carbons (Fsp3) is 0.308. The molecule has 0 saturated heterocycles. The van der Waals surface area contributed by atoms with Crippen LogP contribution >= 0.6 is 11.6 Å². The molecule has 1 aromatic rings. The van der Waals surface area contributed by atoms with Crippen molar-refractivity contribution in [3.05, 3.63) is 40.9 Å². The summed E-state index contributed by atoms with van der Waals surface area (Å²) in [5, 5.41) is 9.15. The molecule has 1 heterocycles. The minimum absolute atomic E-state index is 0.419. The number of carboxylic acids is 1. The van der Waals surface area contributed by atoms with Crippen LogP contribution in [0.1, 0.15) is 22.3 Å². The predicted molar refractivity (Wildman–Crippen MR) is 68.9 cm³/mol. The number of fused-ring (bicyclic) bond motifs is 1. The second kappa shape index (κ2) is 5.23. The molecule has 0 bridgehead atoms. The minimum atomic E-state index is -0.850. The maximum absolute atomic E-state index is 11.1. The lowest BCUT2D eigenvalue weighted by molar-refractivity contribution is 0.0695. The van der Waals surface area contributed by atoms with Gasteiger partial charge in [-0.3, -0.25) is 0 Å². The summed E-state index contributed by atoms with van der Waals surface area (Å²) < 4.78 is 0. The Bertz CT molecular complexity index is 457. The Morgan fingerprint density at radius 2 is 2.35 bits per heavy atom. The molecule has 1 N–H and O–H groups in total. The van der Waals surface area contributed by atoms with Gasteiger partial charge in [0.15, 0.2) is 0 Å². The minimum Gasteiger partial charge on any atom is -0.478 e. The summed E-state index contributed by atoms with van der Waals surface area (Å²) >= 11 is 5.53. The average Bonchev–Trinajstić information content (AvgIpc) is 2.35. The normalized spacial score (nSPS) is 15.0. The Morgan fingerprint density at radius 1 is 1.53 bits per heavy atom. The van der Waals surface area contributed by atoms with Crippen molar-refractivity contribution in [1.29, 1.82) is 0 Å². The quantitative estimate of drug-likeness (QED) is 0.898. The first-order valence-corrected chi connectivity index (χ1v) is 6.03. The molecular weight excluding hydrogens is 238 g/mol. The highest BCUT2D eigenvalue weighted by Crippen LogP contribution is 2.29. The zero-order valence-electron chi connectivity index (χ0n) is 9.40. The molecule has 4 heteroatoms. The van der Waals surface area contributed by atoms with Gasteiger partial charge in [-0.1, -0.05) is 23.7 Å². The van der Waals surface area contributed by atoms with Crippen LogP contribution in [-0.4, -0.2) is 24.2 Å². The third-order valence-electron chi connectivity index (χ3n) is 2.99. The second-order valence-corrected chi connectivity index (χ2v) is 4.27.